The van der Waals surface area contributed by atoms with Gasteiger partial charge in [-0.15, -0.1) is 11.3 Å². The fourth-order valence-electron chi connectivity index (χ4n) is 4.13. The van der Waals surface area contributed by atoms with Crippen LogP contribution in [0.15, 0.2) is 72.3 Å². The van der Waals surface area contributed by atoms with E-state index in [1.54, 1.807) is 35.7 Å². The Morgan fingerprint density at radius 2 is 1.84 bits per heavy atom. The van der Waals surface area contributed by atoms with E-state index >= 15 is 0 Å². The van der Waals surface area contributed by atoms with Gasteiger partial charge in [0.1, 0.15) is 11.6 Å². The minimum atomic E-state index is -0.505. The Labute approximate surface area is 184 Å². The standard InChI is InChI=1S/C25H24F2N2OS/c26-21-7-3-5-18(15-21)25(19-6-4-8-22(27)16-19)17-20(25)10-11-23(30)28-12-2-1-9-24-29-13-14-31-24/h3-8,10-11,13-16,20H,1-2,9,12,17H2,(H,28,30)/b11-10+/t20-/m1/s1. The highest BCUT2D eigenvalue weighted by molar-refractivity contribution is 7.09. The SMILES string of the molecule is O=C(/C=C/[C@@H]1CC1(c1cccc(F)c1)c1cccc(F)c1)NCCCCc1nccs1. The predicted octanol–water partition coefficient (Wildman–Crippen LogP) is 5.42. The van der Waals surface area contributed by atoms with Gasteiger partial charge in [-0.1, -0.05) is 30.3 Å². The summed E-state index contributed by atoms with van der Waals surface area (Å²) in [6.07, 6.45) is 8.71. The molecule has 1 atom stereocenters. The second kappa shape index (κ2) is 9.52. The average molecular weight is 439 g/mol. The van der Waals surface area contributed by atoms with Crippen LogP contribution in [0, 0.1) is 17.6 Å². The van der Waals surface area contributed by atoms with Crippen LogP contribution in [0.4, 0.5) is 8.78 Å². The number of nitrogens with zero attached hydrogens (tertiary/aromatic N) is 1. The largest absolute Gasteiger partial charge is 0.353 e. The number of halogens is 2. The molecule has 3 nitrogen and oxygen atoms in total. The third-order valence-electron chi connectivity index (χ3n) is 5.77. The monoisotopic (exact) mass is 438 g/mol. The van der Waals surface area contributed by atoms with Crippen LogP contribution < -0.4 is 5.32 Å². The predicted molar refractivity (Wildman–Crippen MR) is 119 cm³/mol. The third kappa shape index (κ3) is 5.07. The molecule has 4 rings (SSSR count). The number of allylic oxidation sites excluding steroid dienone is 1. The minimum absolute atomic E-state index is 0.00625. The molecule has 31 heavy (non-hydrogen) atoms. The number of amides is 1. The van der Waals surface area contributed by atoms with Crippen LogP contribution in [-0.2, 0) is 16.6 Å². The van der Waals surface area contributed by atoms with Gasteiger partial charge in [0, 0.05) is 23.5 Å². The van der Waals surface area contributed by atoms with E-state index in [1.165, 1.54) is 24.3 Å². The van der Waals surface area contributed by atoms with Crippen LogP contribution in [-0.4, -0.2) is 17.4 Å². The van der Waals surface area contributed by atoms with Crippen molar-refractivity contribution in [2.45, 2.75) is 31.1 Å². The molecule has 0 aliphatic heterocycles. The van der Waals surface area contributed by atoms with Crippen LogP contribution >= 0.6 is 11.3 Å². The maximum Gasteiger partial charge on any atom is 0.243 e. The lowest BCUT2D eigenvalue weighted by atomic mass is 9.85. The summed E-state index contributed by atoms with van der Waals surface area (Å²) in [6.45, 7) is 0.609. The topological polar surface area (TPSA) is 42.0 Å². The highest BCUT2D eigenvalue weighted by Crippen LogP contribution is 2.59. The molecule has 2 aromatic carbocycles. The van der Waals surface area contributed by atoms with Gasteiger partial charge in [-0.05, 0) is 73.1 Å². The Bertz CT molecular complexity index is 1020. The molecule has 6 heteroatoms. The lowest BCUT2D eigenvalue weighted by Gasteiger charge is -2.18. The zero-order valence-corrected chi connectivity index (χ0v) is 17.9. The van der Waals surface area contributed by atoms with E-state index in [1.807, 2.05) is 23.6 Å². The molecule has 0 unspecified atom stereocenters. The smallest absolute Gasteiger partial charge is 0.243 e. The van der Waals surface area contributed by atoms with E-state index in [2.05, 4.69) is 10.3 Å². The molecule has 0 radical (unpaired) electrons. The van der Waals surface area contributed by atoms with Crippen molar-refractivity contribution in [3.05, 3.63) is 100 Å². The first kappa shape index (κ1) is 21.4. The molecule has 1 aromatic heterocycles. The molecule has 0 saturated heterocycles. The molecule has 160 valence electrons. The highest BCUT2D eigenvalue weighted by Gasteiger charge is 2.55. The van der Waals surface area contributed by atoms with E-state index in [0.717, 1.165) is 35.4 Å². The lowest BCUT2D eigenvalue weighted by Crippen LogP contribution is -2.22. The Hall–Kier alpha value is -2.86. The summed E-state index contributed by atoms with van der Waals surface area (Å²) in [5.41, 5.74) is 1.10. The zero-order chi connectivity index (χ0) is 21.7. The molecule has 1 N–H and O–H groups in total. The molecule has 1 heterocycles. The minimum Gasteiger partial charge on any atom is -0.353 e. The Balaban J connectivity index is 1.37. The van der Waals surface area contributed by atoms with Crippen molar-refractivity contribution in [3.8, 4) is 0 Å². The summed E-state index contributed by atoms with van der Waals surface area (Å²) in [6, 6.07) is 12.9. The average Bonchev–Trinajstić information content (AvgIpc) is 3.27. The van der Waals surface area contributed by atoms with E-state index in [0.29, 0.717) is 13.0 Å². The van der Waals surface area contributed by atoms with Gasteiger partial charge in [-0.25, -0.2) is 13.8 Å². The number of carbonyl (C=O) groups excluding carboxylic acids is 1. The fourth-order valence-corrected chi connectivity index (χ4v) is 4.80. The number of benzene rings is 2. The van der Waals surface area contributed by atoms with Crippen LogP contribution in [0.5, 0.6) is 0 Å². The van der Waals surface area contributed by atoms with E-state index < -0.39 is 5.41 Å². The van der Waals surface area contributed by atoms with Crippen LogP contribution in [0.2, 0.25) is 0 Å². The van der Waals surface area contributed by atoms with Gasteiger partial charge in [0.05, 0.1) is 5.01 Å². The Morgan fingerprint density at radius 1 is 1.13 bits per heavy atom. The van der Waals surface area contributed by atoms with Crippen molar-refractivity contribution in [1.82, 2.24) is 10.3 Å². The second-order valence-electron chi connectivity index (χ2n) is 7.84. The number of aromatic nitrogens is 1. The summed E-state index contributed by atoms with van der Waals surface area (Å²) in [5, 5.41) is 5.99. The van der Waals surface area contributed by atoms with Crippen LogP contribution in [0.1, 0.15) is 35.4 Å². The molecular formula is C25H24F2N2OS. The third-order valence-corrected chi connectivity index (χ3v) is 6.61. The Morgan fingerprint density at radius 3 is 2.45 bits per heavy atom. The molecule has 1 amide bonds. The zero-order valence-electron chi connectivity index (χ0n) is 17.1. The fraction of sp³-hybridized carbons (Fsp3) is 0.280. The number of hydrogen-bond acceptors (Lipinski definition) is 3. The number of unbranched alkanes of at least 4 members (excludes halogenated alkanes) is 1. The van der Waals surface area contributed by atoms with Crippen molar-refractivity contribution >= 4 is 17.2 Å². The molecule has 1 aliphatic carbocycles. The highest BCUT2D eigenvalue weighted by atomic mass is 32.1. The number of aryl methyl sites for hydroxylation is 1. The Kier molecular flexibility index (Phi) is 6.56. The molecule has 1 saturated carbocycles. The van der Waals surface area contributed by atoms with Gasteiger partial charge in [0.2, 0.25) is 5.91 Å². The van der Waals surface area contributed by atoms with E-state index in [4.69, 9.17) is 0 Å². The first-order valence-electron chi connectivity index (χ1n) is 10.4. The summed E-state index contributed by atoms with van der Waals surface area (Å²) in [4.78, 5) is 16.5. The number of thiazole rings is 1. The molecule has 3 aromatic rings. The van der Waals surface area contributed by atoms with Crippen molar-refractivity contribution < 1.29 is 13.6 Å². The van der Waals surface area contributed by atoms with E-state index in [-0.39, 0.29) is 23.5 Å². The van der Waals surface area contributed by atoms with Gasteiger partial charge in [0.25, 0.3) is 0 Å². The van der Waals surface area contributed by atoms with Crippen molar-refractivity contribution in [1.29, 1.82) is 0 Å². The van der Waals surface area contributed by atoms with Crippen molar-refractivity contribution in [3.63, 3.8) is 0 Å². The van der Waals surface area contributed by atoms with Gasteiger partial charge in [0.15, 0.2) is 0 Å². The number of carbonyl (C=O) groups is 1. The number of rotatable bonds is 9. The molecule has 1 fully saturated rings. The summed E-state index contributed by atoms with van der Waals surface area (Å²) >= 11 is 1.65. The first-order chi connectivity index (χ1) is 15.1. The summed E-state index contributed by atoms with van der Waals surface area (Å²) < 4.78 is 27.8. The van der Waals surface area contributed by atoms with Gasteiger partial charge in [-0.3, -0.25) is 4.79 Å². The van der Waals surface area contributed by atoms with Crippen LogP contribution in [0.25, 0.3) is 0 Å². The summed E-state index contributed by atoms with van der Waals surface area (Å²) in [7, 11) is 0. The summed E-state index contributed by atoms with van der Waals surface area (Å²) in [5.74, 6) is -0.780. The first-order valence-corrected chi connectivity index (χ1v) is 11.3. The van der Waals surface area contributed by atoms with E-state index in [9.17, 15) is 13.6 Å². The molecule has 0 bridgehead atoms. The maximum atomic E-state index is 13.9. The molecule has 1 aliphatic rings. The lowest BCUT2D eigenvalue weighted by molar-refractivity contribution is -0.116. The van der Waals surface area contributed by atoms with Crippen LogP contribution in [0.3, 0.4) is 0 Å². The van der Waals surface area contributed by atoms with Crippen molar-refractivity contribution in [2.24, 2.45) is 5.92 Å². The normalized spacial score (nSPS) is 17.0. The maximum absolute atomic E-state index is 13.9. The number of nitrogens with one attached hydrogen (secondary N) is 1. The molecule has 0 spiro atoms. The van der Waals surface area contributed by atoms with Crippen molar-refractivity contribution in [2.75, 3.05) is 6.54 Å². The molecular weight excluding hydrogens is 414 g/mol. The number of hydrogen-bond donors (Lipinski definition) is 1. The van der Waals surface area contributed by atoms with Gasteiger partial charge in [-0.2, -0.15) is 0 Å². The van der Waals surface area contributed by atoms with Gasteiger partial charge >= 0.3 is 0 Å². The van der Waals surface area contributed by atoms with Gasteiger partial charge < -0.3 is 5.32 Å². The quantitative estimate of drug-likeness (QED) is 0.358. The second-order valence-corrected chi connectivity index (χ2v) is 8.81.